The molecule has 1 unspecified atom stereocenters. The van der Waals surface area contributed by atoms with Gasteiger partial charge in [0.2, 0.25) is 0 Å². The highest BCUT2D eigenvalue weighted by atomic mass is 16.6. The van der Waals surface area contributed by atoms with Crippen molar-refractivity contribution in [1.29, 1.82) is 0 Å². The quantitative estimate of drug-likeness (QED) is 0.403. The standard InChI is InChI=1S/C15H19NO2.C9H13NO5/c1-5-11-10-16(14(17)18-15(2,3)4)13-9-7-6-8-12(11)13;1-9(2,3)15-8(13)10-5-4-6(11)14-7(5)12/h6-10H,5H2,1-4H3;5H,4H2,1-3H3,(H,10,13). The fourth-order valence-corrected chi connectivity index (χ4v) is 3.03. The Kier molecular flexibility index (Phi) is 7.89. The third-order valence-electron chi connectivity index (χ3n) is 4.33. The molecule has 1 atom stereocenters. The van der Waals surface area contributed by atoms with E-state index in [9.17, 15) is 19.2 Å². The predicted octanol–water partition coefficient (Wildman–Crippen LogP) is 4.34. The maximum absolute atomic E-state index is 12.1. The summed E-state index contributed by atoms with van der Waals surface area (Å²) in [6.45, 7) is 12.8. The Labute approximate surface area is 193 Å². The van der Waals surface area contributed by atoms with Crippen molar-refractivity contribution in [2.45, 2.75) is 78.6 Å². The van der Waals surface area contributed by atoms with Gasteiger partial charge in [0.25, 0.3) is 0 Å². The molecular formula is C24H32N2O7. The second kappa shape index (κ2) is 10.1. The molecular weight excluding hydrogens is 428 g/mol. The molecule has 0 bridgehead atoms. The highest BCUT2D eigenvalue weighted by Gasteiger charge is 2.35. The number of para-hydroxylation sites is 1. The second-order valence-corrected chi connectivity index (χ2v) is 9.57. The predicted molar refractivity (Wildman–Crippen MR) is 122 cm³/mol. The normalized spacial score (nSPS) is 16.0. The first kappa shape index (κ1) is 25.9. The number of hydrogen-bond acceptors (Lipinski definition) is 7. The lowest BCUT2D eigenvalue weighted by Gasteiger charge is -2.20. The van der Waals surface area contributed by atoms with Crippen LogP contribution in [0.4, 0.5) is 9.59 Å². The van der Waals surface area contributed by atoms with Crippen molar-refractivity contribution in [3.63, 3.8) is 0 Å². The van der Waals surface area contributed by atoms with E-state index >= 15 is 0 Å². The average molecular weight is 461 g/mol. The van der Waals surface area contributed by atoms with E-state index in [1.165, 1.54) is 0 Å². The van der Waals surface area contributed by atoms with E-state index in [0.29, 0.717) is 0 Å². The molecule has 0 radical (unpaired) electrons. The molecule has 0 aliphatic carbocycles. The van der Waals surface area contributed by atoms with Gasteiger partial charge >= 0.3 is 24.1 Å². The average Bonchev–Trinajstić information content (AvgIpc) is 3.18. The molecule has 9 nitrogen and oxygen atoms in total. The van der Waals surface area contributed by atoms with Crippen LogP contribution in [0.25, 0.3) is 10.9 Å². The van der Waals surface area contributed by atoms with E-state index in [1.807, 2.05) is 51.2 Å². The molecule has 1 aliphatic heterocycles. The Hall–Kier alpha value is -3.36. The molecule has 1 fully saturated rings. The summed E-state index contributed by atoms with van der Waals surface area (Å²) >= 11 is 0. The van der Waals surface area contributed by atoms with Crippen molar-refractivity contribution in [1.82, 2.24) is 9.88 Å². The summed E-state index contributed by atoms with van der Waals surface area (Å²) in [5.41, 5.74) is 0.950. The van der Waals surface area contributed by atoms with Gasteiger partial charge in [-0.05, 0) is 59.6 Å². The number of cyclic esters (lactones) is 2. The van der Waals surface area contributed by atoms with Gasteiger partial charge in [0.15, 0.2) is 0 Å². The van der Waals surface area contributed by atoms with E-state index in [0.717, 1.165) is 22.9 Å². The minimum Gasteiger partial charge on any atom is -0.444 e. The van der Waals surface area contributed by atoms with Crippen LogP contribution in [0.2, 0.25) is 0 Å². The summed E-state index contributed by atoms with van der Waals surface area (Å²) in [6, 6.07) is 6.98. The number of amides is 1. The van der Waals surface area contributed by atoms with Crippen LogP contribution >= 0.6 is 0 Å². The number of nitrogens with one attached hydrogen (secondary N) is 1. The molecule has 33 heavy (non-hydrogen) atoms. The van der Waals surface area contributed by atoms with Crippen molar-refractivity contribution in [2.24, 2.45) is 0 Å². The minimum atomic E-state index is -0.924. The Morgan fingerprint density at radius 3 is 2.18 bits per heavy atom. The van der Waals surface area contributed by atoms with Crippen molar-refractivity contribution in [3.8, 4) is 0 Å². The number of alkyl carbamates (subject to hydrolysis) is 1. The lowest BCUT2D eigenvalue weighted by Crippen LogP contribution is -2.41. The minimum absolute atomic E-state index is 0.141. The van der Waals surface area contributed by atoms with Crippen LogP contribution in [-0.2, 0) is 30.2 Å². The summed E-state index contributed by atoms with van der Waals surface area (Å²) in [6.07, 6.45) is 1.57. The number of nitrogens with zero attached hydrogens (tertiary/aromatic N) is 1. The molecule has 1 saturated heterocycles. The van der Waals surface area contributed by atoms with Crippen molar-refractivity contribution in [3.05, 3.63) is 36.0 Å². The van der Waals surface area contributed by atoms with Crippen LogP contribution in [0.5, 0.6) is 0 Å². The number of ether oxygens (including phenoxy) is 3. The number of hydrogen-bond donors (Lipinski definition) is 1. The van der Waals surface area contributed by atoms with Crippen molar-refractivity contribution in [2.75, 3.05) is 0 Å². The highest BCUT2D eigenvalue weighted by molar-refractivity contribution is 5.98. The number of esters is 2. The largest absolute Gasteiger partial charge is 0.444 e. The van der Waals surface area contributed by atoms with Crippen LogP contribution in [0.1, 0.15) is 60.5 Å². The summed E-state index contributed by atoms with van der Waals surface area (Å²) in [7, 11) is 0. The maximum atomic E-state index is 12.1. The molecule has 1 amide bonds. The Morgan fingerprint density at radius 2 is 1.67 bits per heavy atom. The zero-order valence-corrected chi connectivity index (χ0v) is 20.2. The third kappa shape index (κ3) is 7.62. The lowest BCUT2D eigenvalue weighted by atomic mass is 10.1. The van der Waals surface area contributed by atoms with Gasteiger partial charge in [-0.3, -0.25) is 9.36 Å². The molecule has 0 spiro atoms. The van der Waals surface area contributed by atoms with Gasteiger partial charge in [0.05, 0.1) is 11.9 Å². The monoisotopic (exact) mass is 460 g/mol. The Morgan fingerprint density at radius 1 is 1.06 bits per heavy atom. The number of fused-ring (bicyclic) bond motifs is 1. The summed E-state index contributed by atoms with van der Waals surface area (Å²) < 4.78 is 16.2. The molecule has 1 aromatic heterocycles. The van der Waals surface area contributed by atoms with E-state index in [4.69, 9.17) is 9.47 Å². The van der Waals surface area contributed by atoms with Gasteiger partial charge < -0.3 is 19.5 Å². The number of aryl methyl sites for hydroxylation is 1. The summed E-state index contributed by atoms with van der Waals surface area (Å²) in [5, 5.41) is 3.38. The Balaban J connectivity index is 0.000000238. The smallest absolute Gasteiger partial charge is 0.419 e. The van der Waals surface area contributed by atoms with E-state index in [1.54, 1.807) is 25.3 Å². The fraction of sp³-hybridized carbons (Fsp3) is 0.500. The molecule has 2 heterocycles. The third-order valence-corrected chi connectivity index (χ3v) is 4.33. The molecule has 1 aromatic carbocycles. The zero-order valence-electron chi connectivity index (χ0n) is 20.2. The van der Waals surface area contributed by atoms with Gasteiger partial charge in [0.1, 0.15) is 17.2 Å². The first-order valence-corrected chi connectivity index (χ1v) is 10.8. The number of carbonyl (C=O) groups is 4. The fourth-order valence-electron chi connectivity index (χ4n) is 3.03. The lowest BCUT2D eigenvalue weighted by molar-refractivity contribution is -0.152. The van der Waals surface area contributed by atoms with Crippen LogP contribution in [-0.4, -0.2) is 45.9 Å². The highest BCUT2D eigenvalue weighted by Crippen LogP contribution is 2.23. The van der Waals surface area contributed by atoms with Gasteiger partial charge in [-0.15, -0.1) is 0 Å². The second-order valence-electron chi connectivity index (χ2n) is 9.57. The van der Waals surface area contributed by atoms with Gasteiger partial charge in [-0.25, -0.2) is 14.4 Å². The molecule has 1 aliphatic rings. The van der Waals surface area contributed by atoms with Crippen LogP contribution in [0.15, 0.2) is 30.5 Å². The summed E-state index contributed by atoms with van der Waals surface area (Å²) in [5.74, 6) is -1.38. The van der Waals surface area contributed by atoms with Gasteiger partial charge in [0, 0.05) is 11.6 Å². The van der Waals surface area contributed by atoms with Crippen LogP contribution in [0, 0.1) is 0 Å². The van der Waals surface area contributed by atoms with Gasteiger partial charge in [-0.2, -0.15) is 0 Å². The van der Waals surface area contributed by atoms with Crippen molar-refractivity contribution >= 4 is 35.0 Å². The molecule has 1 N–H and O–H groups in total. The number of benzene rings is 1. The number of rotatable bonds is 2. The molecule has 2 aromatic rings. The molecule has 3 rings (SSSR count). The molecule has 180 valence electrons. The SMILES string of the molecule is CC(C)(C)OC(=O)NC1CC(=O)OC1=O.CCc1cn(C(=O)OC(C)(C)C)c2ccccc12. The Bertz CT molecular complexity index is 1040. The first-order chi connectivity index (χ1) is 15.2. The topological polar surface area (TPSA) is 113 Å². The zero-order chi connectivity index (χ0) is 25.0. The van der Waals surface area contributed by atoms with Crippen LogP contribution in [0.3, 0.4) is 0 Å². The first-order valence-electron chi connectivity index (χ1n) is 10.8. The van der Waals surface area contributed by atoms with E-state index in [2.05, 4.69) is 17.0 Å². The van der Waals surface area contributed by atoms with E-state index < -0.39 is 35.3 Å². The molecule has 0 saturated carbocycles. The number of carbonyl (C=O) groups excluding carboxylic acids is 4. The maximum Gasteiger partial charge on any atom is 0.419 e. The molecule has 9 heteroatoms. The summed E-state index contributed by atoms with van der Waals surface area (Å²) in [4.78, 5) is 45.0. The van der Waals surface area contributed by atoms with Crippen molar-refractivity contribution < 1.29 is 33.4 Å². The van der Waals surface area contributed by atoms with Gasteiger partial charge in [-0.1, -0.05) is 25.1 Å². The van der Waals surface area contributed by atoms with E-state index in [-0.39, 0.29) is 12.5 Å². The van der Waals surface area contributed by atoms with Crippen LogP contribution < -0.4 is 5.32 Å². The number of aromatic nitrogens is 1.